The van der Waals surface area contributed by atoms with E-state index >= 15 is 0 Å². The Hall–Kier alpha value is -1.92. The zero-order valence-electron chi connectivity index (χ0n) is 13.1. The van der Waals surface area contributed by atoms with E-state index in [4.69, 9.17) is 5.41 Å². The van der Waals surface area contributed by atoms with E-state index in [0.717, 1.165) is 31.6 Å². The van der Waals surface area contributed by atoms with Gasteiger partial charge in [0.25, 0.3) is 5.91 Å². The number of likely N-dealkylation sites (tertiary alicyclic amines) is 1. The molecule has 118 valence electrons. The van der Waals surface area contributed by atoms with E-state index in [2.05, 4.69) is 22.6 Å². The Morgan fingerprint density at radius 1 is 1.43 bits per heavy atom. The molecular weight excluding hydrogens is 268 g/mol. The molecule has 1 rings (SSSR count). The number of nitrogens with zero attached hydrogens (tertiary/aromatic N) is 1. The van der Waals surface area contributed by atoms with E-state index in [1.165, 1.54) is 7.11 Å². The number of hydrogen-bond acceptors (Lipinski definition) is 5. The zero-order valence-corrected chi connectivity index (χ0v) is 13.1. The van der Waals surface area contributed by atoms with Gasteiger partial charge in [0.05, 0.1) is 7.11 Å². The number of hydrogen-bond donors (Lipinski definition) is 3. The maximum Gasteiger partial charge on any atom is 0.272 e. The summed E-state index contributed by atoms with van der Waals surface area (Å²) in [5, 5.41) is 11.1. The van der Waals surface area contributed by atoms with Crippen LogP contribution in [0.25, 0.3) is 0 Å². The van der Waals surface area contributed by atoms with Crippen LogP contribution in [0.4, 0.5) is 0 Å². The predicted molar refractivity (Wildman–Crippen MR) is 85.8 cm³/mol. The highest BCUT2D eigenvalue weighted by Gasteiger charge is 2.24. The molecule has 0 aromatic rings. The first kappa shape index (κ1) is 19.1. The fourth-order valence-electron chi connectivity index (χ4n) is 2.05. The van der Waals surface area contributed by atoms with Crippen molar-refractivity contribution >= 4 is 11.6 Å². The monoisotopic (exact) mass is 294 g/mol. The number of amides is 1. The number of carbonyl (C=O) groups is 1. The summed E-state index contributed by atoms with van der Waals surface area (Å²) >= 11 is 0. The zero-order chi connectivity index (χ0) is 16.3. The van der Waals surface area contributed by atoms with Crippen LogP contribution >= 0.6 is 0 Å². The topological polar surface area (TPSA) is 91.4 Å². The van der Waals surface area contributed by atoms with Gasteiger partial charge in [0.15, 0.2) is 0 Å². The van der Waals surface area contributed by atoms with Crippen molar-refractivity contribution < 1.29 is 9.63 Å². The molecule has 1 aliphatic rings. The molecule has 1 aliphatic heterocycles. The van der Waals surface area contributed by atoms with Crippen molar-refractivity contribution in [3.8, 4) is 0 Å². The molecule has 0 bridgehead atoms. The fourth-order valence-corrected chi connectivity index (χ4v) is 2.05. The van der Waals surface area contributed by atoms with Gasteiger partial charge in [-0.3, -0.25) is 10.2 Å². The minimum Gasteiger partial charge on any atom is -0.388 e. The second-order valence-electron chi connectivity index (χ2n) is 4.38. The Balaban J connectivity index is 0.00000122. The van der Waals surface area contributed by atoms with Crippen LogP contribution in [0.5, 0.6) is 0 Å². The standard InChI is InChI=1S/C14H21N3O.CH5NO/c1-4-8-11(12(5-2)16-3)13(15)14(18)17-9-6-7-10-17;1-3-2/h4-5,8,15-16H,1,6-7,9-10H2,2-3H3;2H2,1H3/b11-8+,12-5+,15-13?;. The first-order valence-electron chi connectivity index (χ1n) is 6.85. The van der Waals surface area contributed by atoms with E-state index < -0.39 is 0 Å². The van der Waals surface area contributed by atoms with Gasteiger partial charge in [0.1, 0.15) is 5.71 Å². The van der Waals surface area contributed by atoms with Gasteiger partial charge in [0.2, 0.25) is 0 Å². The molecule has 0 spiro atoms. The maximum atomic E-state index is 12.2. The molecule has 1 amide bonds. The molecule has 0 atom stereocenters. The highest BCUT2D eigenvalue weighted by atomic mass is 16.6. The van der Waals surface area contributed by atoms with E-state index in [1.54, 1.807) is 24.1 Å². The average Bonchev–Trinajstić information content (AvgIpc) is 3.01. The van der Waals surface area contributed by atoms with Crippen molar-refractivity contribution in [2.75, 3.05) is 27.2 Å². The number of likely N-dealkylation sites (N-methyl/N-ethyl adjacent to an activating group) is 1. The van der Waals surface area contributed by atoms with Gasteiger partial charge in [-0.05, 0) is 19.8 Å². The summed E-state index contributed by atoms with van der Waals surface area (Å²) in [5.74, 6) is 4.15. The van der Waals surface area contributed by atoms with E-state index in [0.29, 0.717) is 5.57 Å². The third-order valence-corrected chi connectivity index (χ3v) is 3.01. The number of nitrogens with two attached hydrogens (primary N) is 1. The van der Waals surface area contributed by atoms with Gasteiger partial charge < -0.3 is 15.1 Å². The molecule has 0 aromatic carbocycles. The molecule has 4 N–H and O–H groups in total. The van der Waals surface area contributed by atoms with Gasteiger partial charge in [-0.25, -0.2) is 5.90 Å². The van der Waals surface area contributed by atoms with Crippen LogP contribution in [0.15, 0.2) is 36.1 Å². The predicted octanol–water partition coefficient (Wildman–Crippen LogP) is 1.37. The lowest BCUT2D eigenvalue weighted by atomic mass is 10.0. The van der Waals surface area contributed by atoms with Gasteiger partial charge in [-0.2, -0.15) is 0 Å². The summed E-state index contributed by atoms with van der Waals surface area (Å²) in [6.45, 7) is 7.02. The van der Waals surface area contributed by atoms with Crippen molar-refractivity contribution in [2.24, 2.45) is 5.90 Å². The number of carbonyl (C=O) groups excluding carboxylic acids is 1. The van der Waals surface area contributed by atoms with E-state index in [1.807, 2.05) is 13.0 Å². The van der Waals surface area contributed by atoms with Crippen LogP contribution in [0.3, 0.4) is 0 Å². The molecular formula is C15H26N4O2. The second kappa shape index (κ2) is 10.8. The smallest absolute Gasteiger partial charge is 0.272 e. The summed E-state index contributed by atoms with van der Waals surface area (Å²) in [7, 11) is 3.18. The molecule has 0 radical (unpaired) electrons. The first-order chi connectivity index (χ1) is 10.1. The summed E-state index contributed by atoms with van der Waals surface area (Å²) in [6, 6.07) is 0. The lowest BCUT2D eigenvalue weighted by molar-refractivity contribution is -0.123. The van der Waals surface area contributed by atoms with Gasteiger partial charge in [0, 0.05) is 31.4 Å². The Morgan fingerprint density at radius 2 is 1.95 bits per heavy atom. The van der Waals surface area contributed by atoms with Crippen LogP contribution in [-0.4, -0.2) is 43.8 Å². The quantitative estimate of drug-likeness (QED) is 0.406. The van der Waals surface area contributed by atoms with E-state index in [-0.39, 0.29) is 11.6 Å². The highest BCUT2D eigenvalue weighted by molar-refractivity contribution is 6.45. The third-order valence-electron chi connectivity index (χ3n) is 3.01. The van der Waals surface area contributed by atoms with Gasteiger partial charge in [-0.15, -0.1) is 0 Å². The Labute approximate surface area is 126 Å². The summed E-state index contributed by atoms with van der Waals surface area (Å²) < 4.78 is 0. The molecule has 0 aliphatic carbocycles. The van der Waals surface area contributed by atoms with Crippen molar-refractivity contribution in [3.05, 3.63) is 36.1 Å². The molecule has 21 heavy (non-hydrogen) atoms. The number of rotatable bonds is 5. The Morgan fingerprint density at radius 3 is 2.33 bits per heavy atom. The van der Waals surface area contributed by atoms with Crippen molar-refractivity contribution in [1.29, 1.82) is 5.41 Å². The number of nitrogens with one attached hydrogen (secondary N) is 2. The minimum atomic E-state index is -0.199. The lowest BCUT2D eigenvalue weighted by Crippen LogP contribution is -2.35. The largest absolute Gasteiger partial charge is 0.388 e. The molecule has 1 heterocycles. The third kappa shape index (κ3) is 5.93. The molecule has 0 aromatic heterocycles. The van der Waals surface area contributed by atoms with Crippen LogP contribution < -0.4 is 11.2 Å². The SMILES string of the molecule is C=C/C=C(C(=N)C(=O)N1CCCC1)\C(=C/C)NC.CON. The molecule has 1 saturated heterocycles. The molecule has 6 heteroatoms. The van der Waals surface area contributed by atoms with Crippen LogP contribution in [0.1, 0.15) is 19.8 Å². The van der Waals surface area contributed by atoms with Crippen LogP contribution in [0.2, 0.25) is 0 Å². The van der Waals surface area contributed by atoms with Crippen molar-refractivity contribution in [3.63, 3.8) is 0 Å². The Bertz CT molecular complexity index is 421. The van der Waals surface area contributed by atoms with Crippen LogP contribution in [0, 0.1) is 5.41 Å². The van der Waals surface area contributed by atoms with Crippen molar-refractivity contribution in [1.82, 2.24) is 10.2 Å². The number of allylic oxidation sites excluding steroid dienone is 4. The normalized spacial score (nSPS) is 15.1. The molecule has 1 fully saturated rings. The van der Waals surface area contributed by atoms with Gasteiger partial charge in [-0.1, -0.05) is 24.8 Å². The second-order valence-corrected chi connectivity index (χ2v) is 4.38. The first-order valence-corrected chi connectivity index (χ1v) is 6.85. The van der Waals surface area contributed by atoms with Crippen LogP contribution in [-0.2, 0) is 9.63 Å². The molecule has 0 unspecified atom stereocenters. The molecule has 6 nitrogen and oxygen atoms in total. The summed E-state index contributed by atoms with van der Waals surface area (Å²) in [6.07, 6.45) is 7.20. The maximum absolute atomic E-state index is 12.2. The summed E-state index contributed by atoms with van der Waals surface area (Å²) in [4.78, 5) is 17.7. The summed E-state index contributed by atoms with van der Waals surface area (Å²) in [5.41, 5.74) is 1.39. The van der Waals surface area contributed by atoms with E-state index in [9.17, 15) is 4.79 Å². The molecule has 0 saturated carbocycles. The average molecular weight is 294 g/mol. The lowest BCUT2D eigenvalue weighted by Gasteiger charge is -2.18. The minimum absolute atomic E-state index is 0.0271. The van der Waals surface area contributed by atoms with Crippen molar-refractivity contribution in [2.45, 2.75) is 19.8 Å². The Kier molecular flexibility index (Phi) is 9.83. The fraction of sp³-hybridized carbons (Fsp3) is 0.467. The van der Waals surface area contributed by atoms with Gasteiger partial charge >= 0.3 is 0 Å². The highest BCUT2D eigenvalue weighted by Crippen LogP contribution is 2.14.